The largest absolute Gasteiger partial charge is 0.501 e. The first-order valence-electron chi connectivity index (χ1n) is 11.7. The molecule has 0 radical (unpaired) electrons. The van der Waals surface area contributed by atoms with Crippen molar-refractivity contribution in [2.45, 2.75) is 25.4 Å². The molecule has 2 aliphatic heterocycles. The summed E-state index contributed by atoms with van der Waals surface area (Å²) in [6.45, 7) is 1.91. The lowest BCUT2D eigenvalue weighted by Crippen LogP contribution is -2.52. The van der Waals surface area contributed by atoms with Gasteiger partial charge >= 0.3 is 0 Å². The molecule has 1 atom stereocenters. The summed E-state index contributed by atoms with van der Waals surface area (Å²) in [5.74, 6) is -1.72. The third-order valence-corrected chi connectivity index (χ3v) is 8.62. The fourth-order valence-corrected chi connectivity index (χ4v) is 5.77. The number of hydrogen-bond donors (Lipinski definition) is 1. The van der Waals surface area contributed by atoms with Crippen LogP contribution in [-0.4, -0.2) is 95.9 Å². The fraction of sp³-hybridized carbons (Fsp3) is 0.522. The average Bonchev–Trinajstić information content (AvgIpc) is 3.08. The molecule has 1 saturated heterocycles. The lowest BCUT2D eigenvalue weighted by Gasteiger charge is -2.36. The minimum Gasteiger partial charge on any atom is -0.501 e. The van der Waals surface area contributed by atoms with Crippen LogP contribution < -0.4 is 5.56 Å². The molecule has 3 heterocycles. The van der Waals surface area contributed by atoms with Crippen molar-refractivity contribution in [2.75, 3.05) is 53.5 Å². The van der Waals surface area contributed by atoms with E-state index < -0.39 is 44.9 Å². The van der Waals surface area contributed by atoms with Gasteiger partial charge in [-0.25, -0.2) is 9.37 Å². The van der Waals surface area contributed by atoms with Gasteiger partial charge in [-0.1, -0.05) is 12.1 Å². The number of likely N-dealkylation sites (N-methyl/N-ethyl adjacent to an activating group) is 2. The quantitative estimate of drug-likeness (QED) is 0.517. The summed E-state index contributed by atoms with van der Waals surface area (Å²) >= 11 is 0. The van der Waals surface area contributed by atoms with Crippen LogP contribution in [0.4, 0.5) is 4.39 Å². The molecule has 0 saturated carbocycles. The van der Waals surface area contributed by atoms with E-state index in [-0.39, 0.29) is 38.4 Å². The summed E-state index contributed by atoms with van der Waals surface area (Å²) in [5.41, 5.74) is -0.531. The number of benzene rings is 1. The molecule has 2 aromatic rings. The van der Waals surface area contributed by atoms with Crippen LogP contribution in [0.5, 0.6) is 5.75 Å². The first-order chi connectivity index (χ1) is 17.1. The maximum atomic E-state index is 13.4. The van der Waals surface area contributed by atoms with Gasteiger partial charge in [0, 0.05) is 39.6 Å². The van der Waals surface area contributed by atoms with Crippen LogP contribution in [-0.2, 0) is 27.9 Å². The van der Waals surface area contributed by atoms with Crippen LogP contribution in [0, 0.1) is 5.82 Å². The van der Waals surface area contributed by atoms with Crippen LogP contribution in [0.1, 0.15) is 34.3 Å². The highest BCUT2D eigenvalue weighted by molar-refractivity contribution is 7.86. The standard InChI is InChI=1S/C23H30FN5O6S/c1-26-9-11-28(12-10-26)36(33,34)27(2)18-15-35-14-13-29-22(18)25-20(21(31)23(29)32)19(30)8-5-16-3-6-17(24)7-4-16/h3-4,6-7,18,31H,5,8-15H2,1-2H3. The van der Waals surface area contributed by atoms with Gasteiger partial charge in [-0.3, -0.25) is 14.2 Å². The molecule has 196 valence electrons. The number of ketones is 1. The van der Waals surface area contributed by atoms with Gasteiger partial charge < -0.3 is 14.7 Å². The van der Waals surface area contributed by atoms with Crippen molar-refractivity contribution in [3.63, 3.8) is 0 Å². The van der Waals surface area contributed by atoms with E-state index in [1.807, 2.05) is 11.9 Å². The summed E-state index contributed by atoms with van der Waals surface area (Å²) in [5, 5.41) is 10.5. The molecule has 1 fully saturated rings. The molecule has 2 aliphatic rings. The highest BCUT2D eigenvalue weighted by atomic mass is 32.2. The van der Waals surface area contributed by atoms with Crippen molar-refractivity contribution in [3.8, 4) is 5.75 Å². The lowest BCUT2D eigenvalue weighted by molar-refractivity contribution is 0.0964. The van der Waals surface area contributed by atoms with Gasteiger partial charge in [0.15, 0.2) is 11.5 Å². The van der Waals surface area contributed by atoms with Crippen LogP contribution in [0.2, 0.25) is 0 Å². The molecule has 1 unspecified atom stereocenters. The zero-order valence-electron chi connectivity index (χ0n) is 20.3. The number of fused-ring (bicyclic) bond motifs is 1. The van der Waals surface area contributed by atoms with E-state index in [4.69, 9.17) is 4.74 Å². The number of aryl methyl sites for hydroxylation is 1. The molecule has 36 heavy (non-hydrogen) atoms. The summed E-state index contributed by atoms with van der Waals surface area (Å²) in [6, 6.07) is 4.69. The molecule has 1 N–H and O–H groups in total. The number of aromatic nitrogens is 2. The molecule has 0 bridgehead atoms. The normalized spacial score (nSPS) is 19.7. The number of Topliss-reactive ketones (excluding diaryl/α,β-unsaturated/α-hetero) is 1. The van der Waals surface area contributed by atoms with Crippen LogP contribution >= 0.6 is 0 Å². The minimum atomic E-state index is -3.92. The second kappa shape index (κ2) is 10.7. The Labute approximate surface area is 208 Å². The zero-order chi connectivity index (χ0) is 26.0. The van der Waals surface area contributed by atoms with Gasteiger partial charge in [-0.05, 0) is 31.2 Å². The van der Waals surface area contributed by atoms with Gasteiger partial charge in [-0.15, -0.1) is 0 Å². The van der Waals surface area contributed by atoms with E-state index in [1.54, 1.807) is 12.1 Å². The molecule has 0 amide bonds. The predicted molar refractivity (Wildman–Crippen MR) is 129 cm³/mol. The van der Waals surface area contributed by atoms with Crippen molar-refractivity contribution in [1.29, 1.82) is 0 Å². The van der Waals surface area contributed by atoms with E-state index in [9.17, 15) is 27.5 Å². The second-order valence-electron chi connectivity index (χ2n) is 8.99. The van der Waals surface area contributed by atoms with Crippen LogP contribution in [0.15, 0.2) is 29.1 Å². The molecular weight excluding hydrogens is 493 g/mol. The number of halogens is 1. The number of rotatable bonds is 7. The number of aromatic hydroxyl groups is 1. The van der Waals surface area contributed by atoms with Gasteiger partial charge in [-0.2, -0.15) is 17.0 Å². The first kappa shape index (κ1) is 26.4. The van der Waals surface area contributed by atoms with Gasteiger partial charge in [0.05, 0.1) is 19.8 Å². The van der Waals surface area contributed by atoms with E-state index in [0.29, 0.717) is 31.7 Å². The van der Waals surface area contributed by atoms with E-state index in [1.165, 1.54) is 28.1 Å². The van der Waals surface area contributed by atoms with Crippen molar-refractivity contribution < 1.29 is 27.4 Å². The van der Waals surface area contributed by atoms with E-state index >= 15 is 0 Å². The number of carbonyl (C=O) groups excluding carboxylic acids is 1. The molecule has 0 aliphatic carbocycles. The Morgan fingerprint density at radius 1 is 1.19 bits per heavy atom. The van der Waals surface area contributed by atoms with Gasteiger partial charge in [0.2, 0.25) is 5.75 Å². The first-order valence-corrected chi connectivity index (χ1v) is 13.1. The Morgan fingerprint density at radius 2 is 1.86 bits per heavy atom. The van der Waals surface area contributed by atoms with Crippen LogP contribution in [0.25, 0.3) is 0 Å². The van der Waals surface area contributed by atoms with Crippen LogP contribution in [0.3, 0.4) is 0 Å². The molecule has 13 heteroatoms. The monoisotopic (exact) mass is 523 g/mol. The number of piperazine rings is 1. The van der Waals surface area contributed by atoms with E-state index in [2.05, 4.69) is 4.98 Å². The number of ether oxygens (including phenoxy) is 1. The van der Waals surface area contributed by atoms with E-state index in [0.717, 1.165) is 4.31 Å². The molecule has 1 aromatic heterocycles. The molecule has 1 aromatic carbocycles. The summed E-state index contributed by atoms with van der Waals surface area (Å²) in [6.07, 6.45) is 0.175. The third kappa shape index (κ3) is 5.34. The van der Waals surface area contributed by atoms with Crippen molar-refractivity contribution in [2.24, 2.45) is 0 Å². The summed E-state index contributed by atoms with van der Waals surface area (Å²) < 4.78 is 49.2. The summed E-state index contributed by atoms with van der Waals surface area (Å²) in [4.78, 5) is 32.3. The highest BCUT2D eigenvalue weighted by Gasteiger charge is 2.38. The number of nitrogens with zero attached hydrogens (tertiary/aromatic N) is 5. The Morgan fingerprint density at radius 3 is 2.53 bits per heavy atom. The SMILES string of the molecule is CN1CCN(S(=O)(=O)N(C)C2COCCn3c2nc(C(=O)CCc2ccc(F)cc2)c(O)c3=O)CC1. The average molecular weight is 524 g/mol. The van der Waals surface area contributed by atoms with Crippen molar-refractivity contribution in [3.05, 3.63) is 57.5 Å². The van der Waals surface area contributed by atoms with Gasteiger partial charge in [0.25, 0.3) is 15.8 Å². The summed E-state index contributed by atoms with van der Waals surface area (Å²) in [7, 11) is -0.611. The Kier molecular flexibility index (Phi) is 7.85. The third-order valence-electron chi connectivity index (χ3n) is 6.62. The smallest absolute Gasteiger partial charge is 0.296 e. The van der Waals surface area contributed by atoms with Gasteiger partial charge in [0.1, 0.15) is 17.7 Å². The molecular formula is C23H30FN5O6S. The Balaban J connectivity index is 1.64. The number of carbonyl (C=O) groups is 1. The lowest BCUT2D eigenvalue weighted by atomic mass is 10.1. The topological polar surface area (TPSA) is 125 Å². The van der Waals surface area contributed by atoms with Crippen molar-refractivity contribution >= 4 is 16.0 Å². The minimum absolute atomic E-state index is 0.0423. The molecule has 0 spiro atoms. The second-order valence-corrected chi connectivity index (χ2v) is 11.0. The number of hydrogen-bond acceptors (Lipinski definition) is 8. The Hall–Kier alpha value is -2.71. The fourth-order valence-electron chi connectivity index (χ4n) is 4.31. The molecule has 4 rings (SSSR count). The maximum absolute atomic E-state index is 13.4. The Bertz CT molecular complexity index is 1280. The zero-order valence-corrected chi connectivity index (χ0v) is 21.1. The predicted octanol–water partition coefficient (Wildman–Crippen LogP) is 0.399. The highest BCUT2D eigenvalue weighted by Crippen LogP contribution is 2.27. The molecule has 11 nitrogen and oxygen atoms in total. The maximum Gasteiger partial charge on any atom is 0.296 e. The van der Waals surface area contributed by atoms with Crippen molar-refractivity contribution in [1.82, 2.24) is 23.1 Å².